The zero-order valence-electron chi connectivity index (χ0n) is 15.7. The summed E-state index contributed by atoms with van der Waals surface area (Å²) in [6.07, 6.45) is 4.53. The molecule has 1 heterocycles. The lowest BCUT2D eigenvalue weighted by Crippen LogP contribution is -2.34. The molecule has 1 aliphatic rings. The number of thiazole rings is 1. The van der Waals surface area contributed by atoms with E-state index in [-0.39, 0.29) is 5.91 Å². The van der Waals surface area contributed by atoms with Crippen LogP contribution in [0, 0.1) is 18.8 Å². The molecule has 1 aliphatic carbocycles. The number of aryl methyl sites for hydroxylation is 1. The fraction of sp³-hybridized carbons (Fsp3) is 0.381. The van der Waals surface area contributed by atoms with E-state index >= 15 is 0 Å². The summed E-state index contributed by atoms with van der Waals surface area (Å²) < 4.78 is 0. The van der Waals surface area contributed by atoms with Gasteiger partial charge in [-0.05, 0) is 31.2 Å². The molecule has 0 saturated heterocycles. The summed E-state index contributed by atoms with van der Waals surface area (Å²) in [5.74, 6) is -1.98. The minimum absolute atomic E-state index is 0.276. The Morgan fingerprint density at radius 3 is 2.37 bits per heavy atom. The van der Waals surface area contributed by atoms with E-state index in [0.29, 0.717) is 23.9 Å². The number of rotatable bonds is 5. The molecule has 0 bridgehead atoms. The van der Waals surface area contributed by atoms with Crippen LogP contribution in [0.1, 0.15) is 43.0 Å². The molecule has 0 fully saturated rings. The largest absolute Gasteiger partial charge is 0.481 e. The van der Waals surface area contributed by atoms with E-state index in [2.05, 4.69) is 48.4 Å². The highest BCUT2D eigenvalue weighted by atomic mass is 32.1. The van der Waals surface area contributed by atoms with Crippen molar-refractivity contribution < 1.29 is 14.7 Å². The van der Waals surface area contributed by atoms with Crippen LogP contribution >= 0.6 is 11.3 Å². The van der Waals surface area contributed by atoms with Gasteiger partial charge in [0.2, 0.25) is 5.91 Å². The van der Waals surface area contributed by atoms with Gasteiger partial charge in [0.1, 0.15) is 0 Å². The van der Waals surface area contributed by atoms with Crippen molar-refractivity contribution in [1.29, 1.82) is 0 Å². The number of carbonyl (C=O) groups is 2. The van der Waals surface area contributed by atoms with Gasteiger partial charge >= 0.3 is 5.97 Å². The second kappa shape index (κ2) is 8.05. The highest BCUT2D eigenvalue weighted by Gasteiger charge is 2.34. The van der Waals surface area contributed by atoms with Crippen LogP contribution in [0.3, 0.4) is 0 Å². The predicted octanol–water partition coefficient (Wildman–Crippen LogP) is 4.85. The number of hydrogen-bond acceptors (Lipinski definition) is 4. The molecule has 2 aromatic rings. The van der Waals surface area contributed by atoms with Gasteiger partial charge in [-0.3, -0.25) is 9.59 Å². The smallest absolute Gasteiger partial charge is 0.307 e. The van der Waals surface area contributed by atoms with Crippen LogP contribution in [0.15, 0.2) is 36.4 Å². The maximum atomic E-state index is 12.6. The Labute approximate surface area is 163 Å². The van der Waals surface area contributed by atoms with Gasteiger partial charge in [-0.25, -0.2) is 4.98 Å². The number of nitrogens with one attached hydrogen (secondary N) is 1. The predicted molar refractivity (Wildman–Crippen MR) is 108 cm³/mol. The lowest BCUT2D eigenvalue weighted by Gasteiger charge is -2.23. The molecule has 2 N–H and O–H groups in total. The summed E-state index contributed by atoms with van der Waals surface area (Å²) in [4.78, 5) is 29.6. The van der Waals surface area contributed by atoms with E-state index in [4.69, 9.17) is 0 Å². The molecule has 0 unspecified atom stereocenters. The monoisotopic (exact) mass is 384 g/mol. The molecule has 0 radical (unpaired) electrons. The van der Waals surface area contributed by atoms with Gasteiger partial charge in [0.25, 0.3) is 0 Å². The Balaban J connectivity index is 1.77. The molecule has 2 atom stereocenters. The molecule has 142 valence electrons. The Morgan fingerprint density at radius 2 is 1.78 bits per heavy atom. The summed E-state index contributed by atoms with van der Waals surface area (Å²) in [5, 5.41) is 12.7. The van der Waals surface area contributed by atoms with Gasteiger partial charge in [0, 0.05) is 10.4 Å². The van der Waals surface area contributed by atoms with Crippen molar-refractivity contribution in [2.24, 2.45) is 11.8 Å². The number of anilines is 1. The highest BCUT2D eigenvalue weighted by Crippen LogP contribution is 2.33. The first-order chi connectivity index (χ1) is 12.9. The molecule has 1 aromatic carbocycles. The average molecular weight is 385 g/mol. The highest BCUT2D eigenvalue weighted by molar-refractivity contribution is 7.16. The number of carboxylic acid groups (broad SMARTS) is 1. The topological polar surface area (TPSA) is 79.3 Å². The van der Waals surface area contributed by atoms with Gasteiger partial charge < -0.3 is 10.4 Å². The van der Waals surface area contributed by atoms with Crippen molar-refractivity contribution in [3.05, 3.63) is 46.9 Å². The Kier molecular flexibility index (Phi) is 5.75. The summed E-state index contributed by atoms with van der Waals surface area (Å²) in [6.45, 7) is 6.28. The van der Waals surface area contributed by atoms with Crippen molar-refractivity contribution in [1.82, 2.24) is 4.98 Å². The van der Waals surface area contributed by atoms with E-state index in [1.165, 1.54) is 16.9 Å². The average Bonchev–Trinajstić information content (AvgIpc) is 3.01. The number of carboxylic acids is 1. The van der Waals surface area contributed by atoms with Crippen molar-refractivity contribution in [3.63, 3.8) is 0 Å². The summed E-state index contributed by atoms with van der Waals surface area (Å²) in [7, 11) is 0. The van der Waals surface area contributed by atoms with E-state index in [1.54, 1.807) is 0 Å². The van der Waals surface area contributed by atoms with E-state index < -0.39 is 17.8 Å². The molecular formula is C21H24N2O3S. The van der Waals surface area contributed by atoms with Gasteiger partial charge in [0.05, 0.1) is 17.5 Å². The fourth-order valence-corrected chi connectivity index (χ4v) is 4.16. The standard InChI is InChI=1S/C21H24N2O3S/c1-12(2)14-8-10-15(11-9-14)18-13(3)27-21(22-18)23-19(24)16-6-4-5-7-17(16)20(25)26/h4-5,8-12,16-17H,6-7H2,1-3H3,(H,25,26)(H,22,23,24)/t16-,17-/m1/s1. The Hall–Kier alpha value is -2.47. The molecule has 0 saturated carbocycles. The van der Waals surface area contributed by atoms with Gasteiger partial charge in [-0.15, -0.1) is 11.3 Å². The molecule has 6 heteroatoms. The van der Waals surface area contributed by atoms with Crippen molar-refractivity contribution in [2.45, 2.75) is 39.5 Å². The number of allylic oxidation sites excluding steroid dienone is 2. The van der Waals surface area contributed by atoms with Crippen LogP contribution in [-0.4, -0.2) is 22.0 Å². The molecule has 5 nitrogen and oxygen atoms in total. The first-order valence-electron chi connectivity index (χ1n) is 9.13. The zero-order valence-corrected chi connectivity index (χ0v) is 16.5. The molecule has 0 spiro atoms. The van der Waals surface area contributed by atoms with Crippen LogP contribution in [0.25, 0.3) is 11.3 Å². The lowest BCUT2D eigenvalue weighted by molar-refractivity contribution is -0.146. The summed E-state index contributed by atoms with van der Waals surface area (Å²) in [5.41, 5.74) is 3.13. The fourth-order valence-electron chi connectivity index (χ4n) is 3.32. The van der Waals surface area contributed by atoms with Gasteiger partial charge in [0.15, 0.2) is 5.13 Å². The number of aliphatic carboxylic acids is 1. The minimum Gasteiger partial charge on any atom is -0.481 e. The van der Waals surface area contributed by atoms with Crippen molar-refractivity contribution >= 4 is 28.3 Å². The third kappa shape index (κ3) is 4.27. The molecule has 1 aromatic heterocycles. The number of benzene rings is 1. The van der Waals surface area contributed by atoms with E-state index in [0.717, 1.165) is 16.1 Å². The van der Waals surface area contributed by atoms with E-state index in [9.17, 15) is 14.7 Å². The van der Waals surface area contributed by atoms with Crippen molar-refractivity contribution in [3.8, 4) is 11.3 Å². The van der Waals surface area contributed by atoms with E-state index in [1.807, 2.05) is 19.1 Å². The van der Waals surface area contributed by atoms with Crippen LogP contribution in [0.5, 0.6) is 0 Å². The Morgan fingerprint density at radius 1 is 1.15 bits per heavy atom. The number of carbonyl (C=O) groups excluding carboxylic acids is 1. The van der Waals surface area contributed by atoms with Crippen LogP contribution in [0.2, 0.25) is 0 Å². The summed E-state index contributed by atoms with van der Waals surface area (Å²) in [6, 6.07) is 8.30. The first kappa shape index (κ1) is 19.3. The Bertz CT molecular complexity index is 868. The molecule has 27 heavy (non-hydrogen) atoms. The van der Waals surface area contributed by atoms with Crippen LogP contribution < -0.4 is 5.32 Å². The molecular weight excluding hydrogens is 360 g/mol. The second-order valence-electron chi connectivity index (χ2n) is 7.18. The number of nitrogens with zero attached hydrogens (tertiary/aromatic N) is 1. The molecule has 3 rings (SSSR count). The number of aromatic nitrogens is 1. The molecule has 0 aliphatic heterocycles. The third-order valence-corrected chi connectivity index (χ3v) is 5.85. The minimum atomic E-state index is -0.930. The maximum Gasteiger partial charge on any atom is 0.307 e. The zero-order chi connectivity index (χ0) is 19.6. The maximum absolute atomic E-state index is 12.6. The van der Waals surface area contributed by atoms with Gasteiger partial charge in [-0.2, -0.15) is 0 Å². The normalized spacial score (nSPS) is 19.3. The van der Waals surface area contributed by atoms with Gasteiger partial charge in [-0.1, -0.05) is 50.3 Å². The number of hydrogen-bond donors (Lipinski definition) is 2. The SMILES string of the molecule is Cc1sc(NC(=O)[C@@H]2CC=CC[C@H]2C(=O)O)nc1-c1ccc(C(C)C)cc1. The quantitative estimate of drug-likeness (QED) is 0.723. The summed E-state index contributed by atoms with van der Waals surface area (Å²) >= 11 is 1.41. The third-order valence-electron chi connectivity index (χ3n) is 4.96. The lowest BCUT2D eigenvalue weighted by atomic mass is 9.82. The number of amides is 1. The van der Waals surface area contributed by atoms with Crippen LogP contribution in [0.4, 0.5) is 5.13 Å². The second-order valence-corrected chi connectivity index (χ2v) is 8.39. The van der Waals surface area contributed by atoms with Crippen molar-refractivity contribution in [2.75, 3.05) is 5.32 Å². The first-order valence-corrected chi connectivity index (χ1v) is 9.95. The molecule has 1 amide bonds. The van der Waals surface area contributed by atoms with Crippen LogP contribution in [-0.2, 0) is 9.59 Å².